The van der Waals surface area contributed by atoms with Crippen molar-refractivity contribution in [3.05, 3.63) is 23.8 Å². The van der Waals surface area contributed by atoms with Gasteiger partial charge in [0.25, 0.3) is 5.91 Å². The van der Waals surface area contributed by atoms with Gasteiger partial charge in [-0.25, -0.2) is 9.97 Å². The van der Waals surface area contributed by atoms with E-state index >= 15 is 0 Å². The van der Waals surface area contributed by atoms with Crippen molar-refractivity contribution in [2.24, 2.45) is 11.3 Å². The average molecular weight is 385 g/mol. The predicted octanol–water partition coefficient (Wildman–Crippen LogP) is 3.94. The lowest BCUT2D eigenvalue weighted by Crippen LogP contribution is -2.47. The largest absolute Gasteiger partial charge is 0.338 e. The van der Waals surface area contributed by atoms with E-state index in [1.165, 1.54) is 64.6 Å². The first-order valence-corrected chi connectivity index (χ1v) is 11.5. The molecule has 1 saturated carbocycles. The Hall–Kier alpha value is -1.49. The van der Waals surface area contributed by atoms with Gasteiger partial charge >= 0.3 is 0 Å². The Bertz CT molecular complexity index is 672. The van der Waals surface area contributed by atoms with Gasteiger partial charge in [-0.05, 0) is 51.0 Å². The fraction of sp³-hybridized carbons (Fsp3) is 0.783. The van der Waals surface area contributed by atoms with Crippen LogP contribution in [0.3, 0.4) is 0 Å². The van der Waals surface area contributed by atoms with Crippen molar-refractivity contribution in [2.75, 3.05) is 32.7 Å². The molecule has 28 heavy (non-hydrogen) atoms. The molecule has 5 nitrogen and oxygen atoms in total. The maximum Gasteiger partial charge on any atom is 0.257 e. The van der Waals surface area contributed by atoms with Crippen LogP contribution in [-0.2, 0) is 6.42 Å². The number of nitrogens with zero attached hydrogens (tertiary/aromatic N) is 4. The highest BCUT2D eigenvalue weighted by Gasteiger charge is 2.43. The SMILES string of the molecule is CCCc1ncncc1C(=O)N1CC[C@]2(CCCN(CC3CCCCC3)C2)C1. The minimum Gasteiger partial charge on any atom is -0.338 e. The summed E-state index contributed by atoms with van der Waals surface area (Å²) >= 11 is 0. The molecular weight excluding hydrogens is 348 g/mol. The summed E-state index contributed by atoms with van der Waals surface area (Å²) in [4.78, 5) is 26.5. The highest BCUT2D eigenvalue weighted by atomic mass is 16.2. The summed E-state index contributed by atoms with van der Waals surface area (Å²) in [5.74, 6) is 1.05. The number of carbonyl (C=O) groups is 1. The third-order valence-electron chi connectivity index (χ3n) is 7.22. The van der Waals surface area contributed by atoms with Gasteiger partial charge in [-0.2, -0.15) is 0 Å². The van der Waals surface area contributed by atoms with Crippen LogP contribution in [0.1, 0.15) is 80.8 Å². The van der Waals surface area contributed by atoms with Gasteiger partial charge in [0, 0.05) is 37.8 Å². The Morgan fingerprint density at radius 1 is 1.14 bits per heavy atom. The molecule has 1 atom stereocenters. The van der Waals surface area contributed by atoms with Crippen molar-refractivity contribution < 1.29 is 4.79 Å². The fourth-order valence-electron chi connectivity index (χ4n) is 5.78. The second-order valence-corrected chi connectivity index (χ2v) is 9.45. The van der Waals surface area contributed by atoms with Crippen LogP contribution < -0.4 is 0 Å². The van der Waals surface area contributed by atoms with Gasteiger partial charge < -0.3 is 9.80 Å². The van der Waals surface area contributed by atoms with Crippen LogP contribution in [0.15, 0.2) is 12.5 Å². The van der Waals surface area contributed by atoms with Crippen molar-refractivity contribution in [3.63, 3.8) is 0 Å². The van der Waals surface area contributed by atoms with Gasteiger partial charge in [0.1, 0.15) is 6.33 Å². The molecule has 3 fully saturated rings. The third kappa shape index (κ3) is 4.40. The van der Waals surface area contributed by atoms with E-state index in [1.807, 2.05) is 0 Å². The van der Waals surface area contributed by atoms with Gasteiger partial charge in [0.2, 0.25) is 0 Å². The highest BCUT2D eigenvalue weighted by molar-refractivity contribution is 5.95. The number of hydrogen-bond donors (Lipinski definition) is 0. The predicted molar refractivity (Wildman–Crippen MR) is 111 cm³/mol. The Morgan fingerprint density at radius 2 is 2.00 bits per heavy atom. The molecule has 2 aliphatic heterocycles. The molecule has 1 aromatic rings. The van der Waals surface area contributed by atoms with E-state index in [0.717, 1.165) is 49.5 Å². The van der Waals surface area contributed by atoms with E-state index in [4.69, 9.17) is 0 Å². The van der Waals surface area contributed by atoms with Crippen LogP contribution in [0.2, 0.25) is 0 Å². The normalized spacial score (nSPS) is 26.8. The molecule has 0 N–H and O–H groups in total. The Balaban J connectivity index is 1.39. The molecule has 1 amide bonds. The number of aryl methyl sites for hydroxylation is 1. The zero-order valence-electron chi connectivity index (χ0n) is 17.5. The second-order valence-electron chi connectivity index (χ2n) is 9.45. The van der Waals surface area contributed by atoms with Gasteiger partial charge in [0.05, 0.1) is 11.3 Å². The second kappa shape index (κ2) is 8.89. The van der Waals surface area contributed by atoms with Crippen LogP contribution in [0, 0.1) is 11.3 Å². The Labute approximate surface area is 169 Å². The number of hydrogen-bond acceptors (Lipinski definition) is 4. The molecule has 4 rings (SSSR count). The lowest BCUT2D eigenvalue weighted by atomic mass is 9.78. The Kier molecular flexibility index (Phi) is 6.29. The molecule has 154 valence electrons. The van der Waals surface area contributed by atoms with E-state index in [1.54, 1.807) is 12.5 Å². The van der Waals surface area contributed by atoms with E-state index in [0.29, 0.717) is 5.41 Å². The van der Waals surface area contributed by atoms with E-state index in [2.05, 4.69) is 26.7 Å². The van der Waals surface area contributed by atoms with Crippen LogP contribution in [0.25, 0.3) is 0 Å². The fourth-order valence-corrected chi connectivity index (χ4v) is 5.78. The van der Waals surface area contributed by atoms with E-state index in [-0.39, 0.29) is 5.91 Å². The molecule has 0 aromatic carbocycles. The van der Waals surface area contributed by atoms with Crippen LogP contribution in [-0.4, -0.2) is 58.4 Å². The van der Waals surface area contributed by atoms with E-state index < -0.39 is 0 Å². The van der Waals surface area contributed by atoms with Crippen molar-refractivity contribution in [1.82, 2.24) is 19.8 Å². The van der Waals surface area contributed by atoms with Gasteiger partial charge in [-0.15, -0.1) is 0 Å². The summed E-state index contributed by atoms with van der Waals surface area (Å²) in [5, 5.41) is 0. The molecule has 3 aliphatic rings. The molecule has 1 spiro atoms. The Morgan fingerprint density at radius 3 is 2.82 bits per heavy atom. The minimum absolute atomic E-state index is 0.144. The van der Waals surface area contributed by atoms with E-state index in [9.17, 15) is 4.79 Å². The lowest BCUT2D eigenvalue weighted by Gasteiger charge is -2.42. The smallest absolute Gasteiger partial charge is 0.257 e. The van der Waals surface area contributed by atoms with Crippen molar-refractivity contribution in [3.8, 4) is 0 Å². The van der Waals surface area contributed by atoms with Gasteiger partial charge in [-0.1, -0.05) is 32.6 Å². The molecule has 1 aromatic heterocycles. The summed E-state index contributed by atoms with van der Waals surface area (Å²) < 4.78 is 0. The number of piperidine rings is 1. The van der Waals surface area contributed by atoms with Crippen molar-refractivity contribution >= 4 is 5.91 Å². The molecule has 2 saturated heterocycles. The number of amides is 1. The number of rotatable bonds is 5. The molecular formula is C23H36N4O. The molecule has 5 heteroatoms. The van der Waals surface area contributed by atoms with Crippen molar-refractivity contribution in [2.45, 2.75) is 71.1 Å². The first-order valence-electron chi connectivity index (χ1n) is 11.5. The summed E-state index contributed by atoms with van der Waals surface area (Å²) in [6, 6.07) is 0. The first-order chi connectivity index (χ1) is 13.7. The first kappa shape index (κ1) is 19.8. The number of aromatic nitrogens is 2. The summed E-state index contributed by atoms with van der Waals surface area (Å²) in [6.45, 7) is 7.64. The molecule has 0 bridgehead atoms. The lowest BCUT2D eigenvalue weighted by molar-refractivity contribution is 0.0629. The van der Waals surface area contributed by atoms with Crippen LogP contribution in [0.5, 0.6) is 0 Å². The maximum absolute atomic E-state index is 13.2. The molecule has 1 aliphatic carbocycles. The maximum atomic E-state index is 13.2. The molecule has 0 unspecified atom stereocenters. The van der Waals surface area contributed by atoms with Crippen LogP contribution >= 0.6 is 0 Å². The topological polar surface area (TPSA) is 49.3 Å². The van der Waals surface area contributed by atoms with Gasteiger partial charge in [-0.3, -0.25) is 4.79 Å². The zero-order chi connectivity index (χ0) is 19.4. The molecule has 3 heterocycles. The summed E-state index contributed by atoms with van der Waals surface area (Å²) in [5.41, 5.74) is 1.94. The standard InChI is InChI=1S/C23H36N4O/c1-2-7-21-20(14-24-18-25-21)22(28)27-13-11-23(17-27)10-6-12-26(16-23)15-19-8-4-3-5-9-19/h14,18-19H,2-13,15-17H2,1H3/t23-/m0/s1. The van der Waals surface area contributed by atoms with Gasteiger partial charge in [0.15, 0.2) is 0 Å². The number of likely N-dealkylation sites (tertiary alicyclic amines) is 2. The summed E-state index contributed by atoms with van der Waals surface area (Å²) in [7, 11) is 0. The zero-order valence-corrected chi connectivity index (χ0v) is 17.5. The monoisotopic (exact) mass is 384 g/mol. The minimum atomic E-state index is 0.144. The third-order valence-corrected chi connectivity index (χ3v) is 7.22. The van der Waals surface area contributed by atoms with Crippen LogP contribution in [0.4, 0.5) is 0 Å². The highest BCUT2D eigenvalue weighted by Crippen LogP contribution is 2.40. The average Bonchev–Trinajstić information content (AvgIpc) is 3.12. The molecule has 0 radical (unpaired) electrons. The quantitative estimate of drug-likeness (QED) is 0.772. The number of carbonyl (C=O) groups excluding carboxylic acids is 1. The summed E-state index contributed by atoms with van der Waals surface area (Å²) in [6.07, 6.45) is 15.9. The van der Waals surface area contributed by atoms with Crippen molar-refractivity contribution in [1.29, 1.82) is 0 Å².